The predicted octanol–water partition coefficient (Wildman–Crippen LogP) is 6.05. The van der Waals surface area contributed by atoms with E-state index in [2.05, 4.69) is 4.98 Å². The van der Waals surface area contributed by atoms with Crippen LogP contribution in [0.4, 0.5) is 13.2 Å². The zero-order valence-electron chi connectivity index (χ0n) is 21.9. The number of halogens is 3. The number of aromatic nitrogens is 2. The summed E-state index contributed by atoms with van der Waals surface area (Å²) < 4.78 is 66.3. The number of hydrogen-bond donors (Lipinski definition) is 0. The molecule has 4 aromatic rings. The van der Waals surface area contributed by atoms with Crippen LogP contribution in [0.3, 0.4) is 0 Å². The maximum atomic E-state index is 13.5. The van der Waals surface area contributed by atoms with Crippen molar-refractivity contribution in [2.24, 2.45) is 11.8 Å². The highest BCUT2D eigenvalue weighted by Gasteiger charge is 2.37. The number of carbonyl (C=O) groups is 1. The molecule has 1 saturated heterocycles. The fraction of sp³-hybridized carbons (Fsp3) is 0.333. The lowest BCUT2D eigenvalue weighted by molar-refractivity contribution is -0.137. The Bertz CT molecular complexity index is 1710. The standard InChI is InChI=1S/C30H28F3N3O3S/c1-40(38,39)25-4-2-3-23(15-25)20-5-7-21(8-6-20)28-34-26-16-24(30(31,32)33)11-12-27(26)36(28)18-19-13-14-35(17-19)29(37)22-9-10-22/h2-8,11-12,15-16,19,22H,9-10,13-14,17-18H2,1H3/t19-/m1/s1. The van der Waals surface area contributed by atoms with Crippen molar-refractivity contribution in [2.75, 3.05) is 19.3 Å². The Morgan fingerprint density at radius 1 is 0.950 bits per heavy atom. The molecule has 10 heteroatoms. The molecule has 0 radical (unpaired) electrons. The van der Waals surface area contributed by atoms with E-state index < -0.39 is 21.6 Å². The number of sulfone groups is 1. The average molecular weight is 568 g/mol. The normalized spacial score (nSPS) is 18.0. The Morgan fingerprint density at radius 3 is 2.35 bits per heavy atom. The lowest BCUT2D eigenvalue weighted by atomic mass is 10.0. The van der Waals surface area contributed by atoms with Gasteiger partial charge in [0.25, 0.3) is 0 Å². The topological polar surface area (TPSA) is 72.3 Å². The molecule has 1 saturated carbocycles. The summed E-state index contributed by atoms with van der Waals surface area (Å²) >= 11 is 0. The van der Waals surface area contributed by atoms with Crippen molar-refractivity contribution in [2.45, 2.75) is 36.9 Å². The van der Waals surface area contributed by atoms with E-state index in [1.165, 1.54) is 6.07 Å². The molecule has 0 N–H and O–H groups in total. The third-order valence-electron chi connectivity index (χ3n) is 7.78. The molecule has 3 aromatic carbocycles. The Balaban J connectivity index is 1.35. The molecule has 0 unspecified atom stereocenters. The monoisotopic (exact) mass is 567 g/mol. The minimum atomic E-state index is -4.48. The van der Waals surface area contributed by atoms with Gasteiger partial charge < -0.3 is 9.47 Å². The van der Waals surface area contributed by atoms with Crippen LogP contribution in [-0.2, 0) is 27.4 Å². The van der Waals surface area contributed by atoms with Crippen LogP contribution >= 0.6 is 0 Å². The number of hydrogen-bond acceptors (Lipinski definition) is 4. The second-order valence-corrected chi connectivity index (χ2v) is 12.9. The number of nitrogens with zero attached hydrogens (tertiary/aromatic N) is 3. The maximum absolute atomic E-state index is 13.5. The van der Waals surface area contributed by atoms with Crippen LogP contribution in [0, 0.1) is 11.8 Å². The summed E-state index contributed by atoms with van der Waals surface area (Å²) in [5.74, 6) is 1.08. The fourth-order valence-corrected chi connectivity index (χ4v) is 6.12. The van der Waals surface area contributed by atoms with Gasteiger partial charge in [-0.2, -0.15) is 13.2 Å². The van der Waals surface area contributed by atoms with Crippen LogP contribution in [0.25, 0.3) is 33.5 Å². The second-order valence-electron chi connectivity index (χ2n) is 10.8. The molecule has 40 heavy (non-hydrogen) atoms. The average Bonchev–Trinajstić information content (AvgIpc) is 3.57. The summed E-state index contributed by atoms with van der Waals surface area (Å²) in [4.78, 5) is 19.4. The van der Waals surface area contributed by atoms with Crippen molar-refractivity contribution in [3.05, 3.63) is 72.3 Å². The third kappa shape index (κ3) is 5.24. The van der Waals surface area contributed by atoms with Gasteiger partial charge in [0.1, 0.15) is 5.82 Å². The zero-order valence-corrected chi connectivity index (χ0v) is 22.7. The largest absolute Gasteiger partial charge is 0.416 e. The van der Waals surface area contributed by atoms with Gasteiger partial charge in [-0.3, -0.25) is 4.79 Å². The summed E-state index contributed by atoms with van der Waals surface area (Å²) in [5, 5.41) is 0. The molecule has 2 aliphatic rings. The molecule has 2 heterocycles. The number of imidazole rings is 1. The number of fused-ring (bicyclic) bond motifs is 1. The summed E-state index contributed by atoms with van der Waals surface area (Å²) in [6.45, 7) is 1.86. The first kappa shape index (κ1) is 26.6. The first-order valence-corrected chi connectivity index (χ1v) is 15.1. The first-order valence-electron chi connectivity index (χ1n) is 13.2. The molecule has 2 fully saturated rings. The van der Waals surface area contributed by atoms with E-state index in [0.717, 1.165) is 54.3 Å². The molecule has 0 spiro atoms. The molecule has 1 aliphatic heterocycles. The number of rotatable bonds is 6. The fourth-order valence-electron chi connectivity index (χ4n) is 5.46. The highest BCUT2D eigenvalue weighted by atomic mass is 32.2. The third-order valence-corrected chi connectivity index (χ3v) is 8.89. The van der Waals surface area contributed by atoms with Crippen LogP contribution in [0.1, 0.15) is 24.8 Å². The van der Waals surface area contributed by atoms with E-state index >= 15 is 0 Å². The Hall–Kier alpha value is -3.66. The summed E-state index contributed by atoms with van der Waals surface area (Å²) in [5.41, 5.74) is 2.40. The van der Waals surface area contributed by atoms with Gasteiger partial charge in [0, 0.05) is 37.4 Å². The van der Waals surface area contributed by atoms with Gasteiger partial charge in [-0.1, -0.05) is 36.4 Å². The SMILES string of the molecule is CS(=O)(=O)c1cccc(-c2ccc(-c3nc4cc(C(F)(F)F)ccc4n3C[C@@H]3CCN(C(=O)C4CC4)C3)cc2)c1. The summed E-state index contributed by atoms with van der Waals surface area (Å²) in [7, 11) is -3.36. The molecule has 1 atom stereocenters. The number of amides is 1. The van der Waals surface area contributed by atoms with Crippen LogP contribution in [-0.4, -0.2) is 48.1 Å². The van der Waals surface area contributed by atoms with E-state index in [-0.39, 0.29) is 28.2 Å². The van der Waals surface area contributed by atoms with Crippen molar-refractivity contribution in [1.82, 2.24) is 14.5 Å². The van der Waals surface area contributed by atoms with Gasteiger partial charge in [0.05, 0.1) is 21.5 Å². The maximum Gasteiger partial charge on any atom is 0.416 e. The van der Waals surface area contributed by atoms with E-state index in [9.17, 15) is 26.4 Å². The Morgan fingerprint density at radius 2 is 1.68 bits per heavy atom. The summed E-state index contributed by atoms with van der Waals surface area (Å²) in [6.07, 6.45) is -0.586. The van der Waals surface area contributed by atoms with E-state index in [4.69, 9.17) is 0 Å². The number of carbonyl (C=O) groups excluding carboxylic acids is 1. The molecular weight excluding hydrogens is 539 g/mol. The van der Waals surface area contributed by atoms with E-state index in [0.29, 0.717) is 31.0 Å². The molecule has 0 bridgehead atoms. The quantitative estimate of drug-likeness (QED) is 0.284. The van der Waals surface area contributed by atoms with Crippen molar-refractivity contribution in [3.63, 3.8) is 0 Å². The lowest BCUT2D eigenvalue weighted by Gasteiger charge is -2.18. The Labute approximate surface area is 230 Å². The first-order chi connectivity index (χ1) is 19.0. The highest BCUT2D eigenvalue weighted by molar-refractivity contribution is 7.90. The number of likely N-dealkylation sites (tertiary alicyclic amines) is 1. The molecule has 6 nitrogen and oxygen atoms in total. The zero-order chi connectivity index (χ0) is 28.2. The van der Waals surface area contributed by atoms with Crippen LogP contribution in [0.5, 0.6) is 0 Å². The van der Waals surface area contributed by atoms with Gasteiger partial charge in [0.2, 0.25) is 5.91 Å². The molecule has 208 valence electrons. The van der Waals surface area contributed by atoms with E-state index in [1.54, 1.807) is 18.2 Å². The number of alkyl halides is 3. The van der Waals surface area contributed by atoms with Crippen LogP contribution in [0.2, 0.25) is 0 Å². The molecule has 1 aliphatic carbocycles. The minimum Gasteiger partial charge on any atom is -0.342 e. The van der Waals surface area contributed by atoms with Gasteiger partial charge >= 0.3 is 6.18 Å². The molecule has 1 amide bonds. The van der Waals surface area contributed by atoms with Crippen LogP contribution in [0.15, 0.2) is 71.6 Å². The molecule has 6 rings (SSSR count). The van der Waals surface area contributed by atoms with Crippen molar-refractivity contribution in [3.8, 4) is 22.5 Å². The lowest BCUT2D eigenvalue weighted by Crippen LogP contribution is -2.30. The molecular formula is C30H28F3N3O3S. The highest BCUT2D eigenvalue weighted by Crippen LogP contribution is 2.36. The van der Waals surface area contributed by atoms with Gasteiger partial charge in [-0.15, -0.1) is 0 Å². The molecule has 1 aromatic heterocycles. The van der Waals surface area contributed by atoms with Gasteiger partial charge in [-0.25, -0.2) is 13.4 Å². The van der Waals surface area contributed by atoms with Gasteiger partial charge in [-0.05, 0) is 66.6 Å². The van der Waals surface area contributed by atoms with Crippen molar-refractivity contribution >= 4 is 26.8 Å². The summed E-state index contributed by atoms with van der Waals surface area (Å²) in [6, 6.07) is 17.7. The predicted molar refractivity (Wildman–Crippen MR) is 146 cm³/mol. The Kier molecular flexibility index (Phi) is 6.48. The van der Waals surface area contributed by atoms with Gasteiger partial charge in [0.15, 0.2) is 9.84 Å². The van der Waals surface area contributed by atoms with Crippen LogP contribution < -0.4 is 0 Å². The van der Waals surface area contributed by atoms with Crippen molar-refractivity contribution < 1.29 is 26.4 Å². The smallest absolute Gasteiger partial charge is 0.342 e. The number of benzene rings is 3. The van der Waals surface area contributed by atoms with E-state index in [1.807, 2.05) is 39.8 Å². The van der Waals surface area contributed by atoms with Crippen molar-refractivity contribution in [1.29, 1.82) is 0 Å². The second kappa shape index (κ2) is 9.76. The minimum absolute atomic E-state index is 0.154.